The summed E-state index contributed by atoms with van der Waals surface area (Å²) < 4.78 is 1.01. The summed E-state index contributed by atoms with van der Waals surface area (Å²) in [6.45, 7) is 5.93. The number of phenolic OH excluding ortho intramolecular Hbond substituents is 1. The van der Waals surface area contributed by atoms with E-state index in [1.54, 1.807) is 6.07 Å². The molecule has 2 heterocycles. The monoisotopic (exact) mass is 489 g/mol. The van der Waals surface area contributed by atoms with Crippen LogP contribution in [-0.2, 0) is 22.7 Å². The van der Waals surface area contributed by atoms with Crippen molar-refractivity contribution in [2.24, 2.45) is 0 Å². The van der Waals surface area contributed by atoms with E-state index >= 15 is 0 Å². The number of hydrogen-bond acceptors (Lipinski definition) is 5. The number of carboxylic acids is 2. The highest BCUT2D eigenvalue weighted by atomic mass is 79.9. The van der Waals surface area contributed by atoms with E-state index in [4.69, 9.17) is 19.8 Å². The molecule has 0 amide bonds. The summed E-state index contributed by atoms with van der Waals surface area (Å²) in [5.74, 6) is -3.27. The van der Waals surface area contributed by atoms with Gasteiger partial charge in [-0.25, -0.2) is 9.59 Å². The molecule has 0 aliphatic carbocycles. The van der Waals surface area contributed by atoms with Crippen LogP contribution in [0.4, 0.5) is 0 Å². The fraction of sp³-hybridized carbons (Fsp3) is 0.273. The van der Waals surface area contributed by atoms with Gasteiger partial charge in [0.2, 0.25) is 0 Å². The zero-order valence-corrected chi connectivity index (χ0v) is 18.4. The van der Waals surface area contributed by atoms with Gasteiger partial charge in [-0.2, -0.15) is 0 Å². The number of benzene rings is 2. The molecule has 8 nitrogen and oxygen atoms in total. The third kappa shape index (κ3) is 6.30. The topological polar surface area (TPSA) is 117 Å². The number of aliphatic carboxylic acids is 2. The molecule has 0 saturated carbocycles. The number of aromatic amines is 1. The molecule has 1 aliphatic heterocycles. The number of carboxylic acid groups (broad SMARTS) is 2. The van der Waals surface area contributed by atoms with E-state index in [0.717, 1.165) is 49.3 Å². The number of hydrogen-bond donors (Lipinski definition) is 4. The van der Waals surface area contributed by atoms with Crippen LogP contribution in [0.1, 0.15) is 11.1 Å². The fourth-order valence-electron chi connectivity index (χ4n) is 3.53. The number of para-hydroxylation sites is 1. The normalized spacial score (nSPS) is 14.7. The van der Waals surface area contributed by atoms with Gasteiger partial charge in [-0.15, -0.1) is 0 Å². The summed E-state index contributed by atoms with van der Waals surface area (Å²) in [7, 11) is 0. The number of rotatable bonds is 4. The number of piperazine rings is 1. The molecule has 0 atom stereocenters. The SMILES string of the molecule is O=C(O)C(=O)O.Oc1ccc(Br)cc1CN1CCN(Cc2c[nH]c3ccccc23)CC1. The van der Waals surface area contributed by atoms with E-state index in [9.17, 15) is 5.11 Å². The first-order valence-corrected chi connectivity index (χ1v) is 10.6. The van der Waals surface area contributed by atoms with Crippen LogP contribution >= 0.6 is 15.9 Å². The Hall–Kier alpha value is -2.88. The molecule has 0 radical (unpaired) electrons. The first kappa shape index (κ1) is 22.8. The van der Waals surface area contributed by atoms with Crippen molar-refractivity contribution in [3.63, 3.8) is 0 Å². The Balaban J connectivity index is 0.000000401. The number of nitrogens with zero attached hydrogens (tertiary/aromatic N) is 2. The Labute approximate surface area is 187 Å². The van der Waals surface area contributed by atoms with Gasteiger partial charge in [-0.1, -0.05) is 34.1 Å². The Morgan fingerprint density at radius 3 is 2.10 bits per heavy atom. The average Bonchev–Trinajstić information content (AvgIpc) is 3.15. The number of nitrogens with one attached hydrogen (secondary N) is 1. The third-order valence-electron chi connectivity index (χ3n) is 5.15. The molecule has 4 N–H and O–H groups in total. The summed E-state index contributed by atoms with van der Waals surface area (Å²) in [6.07, 6.45) is 2.14. The van der Waals surface area contributed by atoms with Gasteiger partial charge >= 0.3 is 11.9 Å². The molecule has 1 aromatic heterocycles. The molecule has 9 heteroatoms. The maximum atomic E-state index is 10.0. The second-order valence-corrected chi connectivity index (χ2v) is 8.21. The lowest BCUT2D eigenvalue weighted by Crippen LogP contribution is -2.45. The highest BCUT2D eigenvalue weighted by molar-refractivity contribution is 9.10. The molecule has 4 rings (SSSR count). The van der Waals surface area contributed by atoms with Crippen molar-refractivity contribution < 1.29 is 24.9 Å². The predicted octanol–water partition coefficient (Wildman–Crippen LogP) is 3.11. The van der Waals surface area contributed by atoms with Crippen LogP contribution in [0.2, 0.25) is 0 Å². The van der Waals surface area contributed by atoms with Crippen LogP contribution in [0.3, 0.4) is 0 Å². The number of aromatic hydroxyl groups is 1. The summed E-state index contributed by atoms with van der Waals surface area (Å²) >= 11 is 3.48. The molecule has 1 aliphatic rings. The Kier molecular flexibility index (Phi) is 7.67. The number of phenols is 1. The molecule has 1 fully saturated rings. The Bertz CT molecular complexity index is 1050. The van der Waals surface area contributed by atoms with Crippen LogP contribution in [0.15, 0.2) is 53.1 Å². The number of H-pyrrole nitrogens is 1. The van der Waals surface area contributed by atoms with Crippen molar-refractivity contribution in [1.29, 1.82) is 0 Å². The molecule has 31 heavy (non-hydrogen) atoms. The smallest absolute Gasteiger partial charge is 0.414 e. The highest BCUT2D eigenvalue weighted by Gasteiger charge is 2.19. The van der Waals surface area contributed by atoms with Crippen molar-refractivity contribution in [3.05, 3.63) is 64.3 Å². The zero-order valence-electron chi connectivity index (χ0n) is 16.8. The summed E-state index contributed by atoms with van der Waals surface area (Å²) in [5.41, 5.74) is 3.56. The predicted molar refractivity (Wildman–Crippen MR) is 120 cm³/mol. The lowest BCUT2D eigenvalue weighted by molar-refractivity contribution is -0.159. The quantitative estimate of drug-likeness (QED) is 0.416. The van der Waals surface area contributed by atoms with Gasteiger partial charge in [0, 0.05) is 66.4 Å². The van der Waals surface area contributed by atoms with Crippen molar-refractivity contribution >= 4 is 38.8 Å². The first-order valence-electron chi connectivity index (χ1n) is 9.77. The van der Waals surface area contributed by atoms with Crippen molar-refractivity contribution in [2.75, 3.05) is 26.2 Å². The molecule has 164 valence electrons. The molecular formula is C22H24BrN3O5. The van der Waals surface area contributed by atoms with Crippen molar-refractivity contribution in [2.45, 2.75) is 13.1 Å². The minimum Gasteiger partial charge on any atom is -0.508 e. The van der Waals surface area contributed by atoms with Crippen molar-refractivity contribution in [3.8, 4) is 5.75 Å². The van der Waals surface area contributed by atoms with E-state index in [2.05, 4.69) is 61.2 Å². The van der Waals surface area contributed by atoms with Crippen LogP contribution in [0.5, 0.6) is 5.75 Å². The molecular weight excluding hydrogens is 466 g/mol. The maximum absolute atomic E-state index is 10.0. The van der Waals surface area contributed by atoms with Crippen molar-refractivity contribution in [1.82, 2.24) is 14.8 Å². The number of fused-ring (bicyclic) bond motifs is 1. The third-order valence-corrected chi connectivity index (χ3v) is 5.65. The number of carbonyl (C=O) groups is 2. The second-order valence-electron chi connectivity index (χ2n) is 7.30. The largest absolute Gasteiger partial charge is 0.508 e. The minimum atomic E-state index is -1.82. The van der Waals surface area contributed by atoms with Crippen LogP contribution in [0.25, 0.3) is 10.9 Å². The Morgan fingerprint density at radius 1 is 0.903 bits per heavy atom. The first-order chi connectivity index (χ1) is 14.8. The molecule has 1 saturated heterocycles. The zero-order chi connectivity index (χ0) is 22.4. The van der Waals surface area contributed by atoms with E-state index in [1.165, 1.54) is 16.5 Å². The van der Waals surface area contributed by atoms with Crippen LogP contribution in [0, 0.1) is 0 Å². The molecule has 0 spiro atoms. The van der Waals surface area contributed by atoms with E-state index in [-0.39, 0.29) is 0 Å². The maximum Gasteiger partial charge on any atom is 0.414 e. The second kappa shape index (κ2) is 10.4. The average molecular weight is 490 g/mol. The minimum absolute atomic E-state index is 0.379. The molecule has 3 aromatic rings. The van der Waals surface area contributed by atoms with Crippen LogP contribution in [-0.4, -0.2) is 68.2 Å². The van der Waals surface area contributed by atoms with Gasteiger partial charge in [-0.05, 0) is 29.8 Å². The summed E-state index contributed by atoms with van der Waals surface area (Å²) in [5, 5.41) is 26.1. The Morgan fingerprint density at radius 2 is 1.48 bits per heavy atom. The number of aromatic nitrogens is 1. The van der Waals surface area contributed by atoms with Gasteiger partial charge in [0.15, 0.2) is 0 Å². The highest BCUT2D eigenvalue weighted by Crippen LogP contribution is 2.24. The lowest BCUT2D eigenvalue weighted by Gasteiger charge is -2.34. The number of halogens is 1. The van der Waals surface area contributed by atoms with Gasteiger partial charge in [0.05, 0.1) is 0 Å². The van der Waals surface area contributed by atoms with Crippen LogP contribution < -0.4 is 0 Å². The molecule has 0 unspecified atom stereocenters. The standard InChI is InChI=1S/C20H22BrN3O.C2H2O4/c21-17-5-6-20(25)15(11-17)13-23-7-9-24(10-8-23)14-16-12-22-19-4-2-1-3-18(16)19;3-1(4)2(5)6/h1-6,11-12,22,25H,7-10,13-14H2;(H,3,4)(H,5,6). The van der Waals surface area contributed by atoms with Gasteiger partial charge < -0.3 is 20.3 Å². The van der Waals surface area contributed by atoms with E-state index < -0.39 is 11.9 Å². The fourth-order valence-corrected chi connectivity index (χ4v) is 3.94. The molecule has 2 aromatic carbocycles. The van der Waals surface area contributed by atoms with Gasteiger partial charge in [-0.3, -0.25) is 9.80 Å². The van der Waals surface area contributed by atoms with Gasteiger partial charge in [0.25, 0.3) is 0 Å². The lowest BCUT2D eigenvalue weighted by atomic mass is 10.1. The van der Waals surface area contributed by atoms with E-state index in [1.807, 2.05) is 12.1 Å². The summed E-state index contributed by atoms with van der Waals surface area (Å²) in [4.78, 5) is 26.5. The van der Waals surface area contributed by atoms with E-state index in [0.29, 0.717) is 5.75 Å². The van der Waals surface area contributed by atoms with Gasteiger partial charge in [0.1, 0.15) is 5.75 Å². The summed E-state index contributed by atoms with van der Waals surface area (Å²) in [6, 6.07) is 14.1. The molecule has 0 bridgehead atoms.